The van der Waals surface area contributed by atoms with E-state index >= 15 is 0 Å². The second-order valence-electron chi connectivity index (χ2n) is 6.38. The summed E-state index contributed by atoms with van der Waals surface area (Å²) in [6.45, 7) is 5.76. The van der Waals surface area contributed by atoms with E-state index in [-0.39, 0.29) is 24.0 Å². The molecule has 0 spiro atoms. The van der Waals surface area contributed by atoms with E-state index in [0.717, 1.165) is 49.0 Å². The number of hydrogen-bond acceptors (Lipinski definition) is 4. The van der Waals surface area contributed by atoms with Gasteiger partial charge in [-0.05, 0) is 49.6 Å². The molecule has 0 amide bonds. The van der Waals surface area contributed by atoms with Gasteiger partial charge >= 0.3 is 0 Å². The molecule has 0 bridgehead atoms. The van der Waals surface area contributed by atoms with Crippen LogP contribution in [-0.2, 0) is 12.8 Å². The maximum absolute atomic E-state index is 5.37. The summed E-state index contributed by atoms with van der Waals surface area (Å²) in [5.74, 6) is 3.27. The minimum absolute atomic E-state index is 0. The van der Waals surface area contributed by atoms with Gasteiger partial charge in [0.2, 0.25) is 0 Å². The van der Waals surface area contributed by atoms with Crippen molar-refractivity contribution in [3.8, 4) is 11.5 Å². The Hall–Kier alpha value is -1.90. The number of nitrogens with zero attached hydrogens (tertiary/aromatic N) is 1. The highest BCUT2D eigenvalue weighted by Gasteiger charge is 2.06. The fraction of sp³-hybridized carbons (Fsp3) is 0.476. The van der Waals surface area contributed by atoms with Crippen LogP contribution in [0.2, 0.25) is 0 Å². The molecule has 0 aliphatic carbocycles. The average molecular weight is 501 g/mol. The molecule has 1 aromatic carbocycles. The summed E-state index contributed by atoms with van der Waals surface area (Å²) in [6, 6.07) is 10.2. The topological polar surface area (TPSA) is 68.0 Å². The van der Waals surface area contributed by atoms with E-state index in [1.165, 1.54) is 5.56 Å². The molecule has 0 aliphatic heterocycles. The molecule has 0 radical (unpaired) electrons. The van der Waals surface area contributed by atoms with Gasteiger partial charge in [-0.15, -0.1) is 24.0 Å². The molecule has 2 aromatic rings. The number of methoxy groups -OCH3 is 2. The highest BCUT2D eigenvalue weighted by atomic mass is 127. The van der Waals surface area contributed by atoms with Crippen LogP contribution in [0.4, 0.5) is 0 Å². The van der Waals surface area contributed by atoms with Crippen molar-refractivity contribution in [3.63, 3.8) is 0 Å². The molecule has 28 heavy (non-hydrogen) atoms. The van der Waals surface area contributed by atoms with Crippen LogP contribution in [0, 0.1) is 0 Å². The molecule has 7 heteroatoms. The van der Waals surface area contributed by atoms with E-state index in [1.54, 1.807) is 20.5 Å². The van der Waals surface area contributed by atoms with Gasteiger partial charge in [0.15, 0.2) is 17.5 Å². The molecule has 1 aromatic heterocycles. The predicted molar refractivity (Wildman–Crippen MR) is 124 cm³/mol. The number of aliphatic imine (C=N–C) groups is 1. The molecular formula is C21H32IN3O3. The zero-order valence-electron chi connectivity index (χ0n) is 17.2. The molecular weight excluding hydrogens is 469 g/mol. The normalized spacial score (nSPS) is 12.1. The third-order valence-electron chi connectivity index (χ3n) is 4.36. The number of benzene rings is 1. The van der Waals surface area contributed by atoms with E-state index in [9.17, 15) is 0 Å². The molecule has 0 fully saturated rings. The molecule has 6 nitrogen and oxygen atoms in total. The van der Waals surface area contributed by atoms with Crippen LogP contribution in [0.3, 0.4) is 0 Å². The highest BCUT2D eigenvalue weighted by molar-refractivity contribution is 14.0. The van der Waals surface area contributed by atoms with Gasteiger partial charge in [-0.3, -0.25) is 4.99 Å². The lowest BCUT2D eigenvalue weighted by Gasteiger charge is -2.17. The van der Waals surface area contributed by atoms with Crippen LogP contribution in [0.5, 0.6) is 11.5 Å². The van der Waals surface area contributed by atoms with Crippen LogP contribution < -0.4 is 20.1 Å². The summed E-state index contributed by atoms with van der Waals surface area (Å²) >= 11 is 0. The molecule has 0 saturated carbocycles. The predicted octanol–water partition coefficient (Wildman–Crippen LogP) is 4.03. The monoisotopic (exact) mass is 501 g/mol. The zero-order chi connectivity index (χ0) is 19.5. The Morgan fingerprint density at radius 1 is 1.14 bits per heavy atom. The van der Waals surface area contributed by atoms with Crippen molar-refractivity contribution < 1.29 is 13.9 Å². The molecule has 2 N–H and O–H groups in total. The van der Waals surface area contributed by atoms with E-state index in [1.807, 2.05) is 24.3 Å². The minimum atomic E-state index is 0. The maximum atomic E-state index is 5.37. The molecule has 156 valence electrons. The third kappa shape index (κ3) is 8.00. The standard InChI is InChI=1S/C21H31N3O3.HI/c1-5-16(2)24-21(23-13-11-18-7-6-14-27-18)22-12-10-17-8-9-19(25-3)20(15-17)26-4;/h6-9,14-16H,5,10-13H2,1-4H3,(H2,22,23,24);1H. The van der Waals surface area contributed by atoms with Crippen molar-refractivity contribution in [2.45, 2.75) is 39.2 Å². The smallest absolute Gasteiger partial charge is 0.191 e. The number of rotatable bonds is 10. The Morgan fingerprint density at radius 2 is 1.93 bits per heavy atom. The highest BCUT2D eigenvalue weighted by Crippen LogP contribution is 2.27. The van der Waals surface area contributed by atoms with Gasteiger partial charge in [0, 0.05) is 25.6 Å². The van der Waals surface area contributed by atoms with Crippen molar-refractivity contribution in [2.24, 2.45) is 4.99 Å². The fourth-order valence-corrected chi connectivity index (χ4v) is 2.58. The van der Waals surface area contributed by atoms with Crippen molar-refractivity contribution >= 4 is 29.9 Å². The first-order valence-electron chi connectivity index (χ1n) is 9.44. The summed E-state index contributed by atoms with van der Waals surface area (Å²) in [7, 11) is 3.30. The summed E-state index contributed by atoms with van der Waals surface area (Å²) in [5, 5.41) is 6.85. The number of nitrogens with one attached hydrogen (secondary N) is 2. The molecule has 1 atom stereocenters. The average Bonchev–Trinajstić information content (AvgIpc) is 3.21. The zero-order valence-corrected chi connectivity index (χ0v) is 19.5. The van der Waals surface area contributed by atoms with E-state index < -0.39 is 0 Å². The SMILES string of the molecule is CCC(C)NC(=NCCc1ccco1)NCCc1ccc(OC)c(OC)c1.I. The van der Waals surface area contributed by atoms with Crippen LogP contribution in [0.25, 0.3) is 0 Å². The largest absolute Gasteiger partial charge is 0.493 e. The number of ether oxygens (including phenoxy) is 2. The van der Waals surface area contributed by atoms with Gasteiger partial charge < -0.3 is 24.5 Å². The number of halogens is 1. The van der Waals surface area contributed by atoms with Crippen LogP contribution >= 0.6 is 24.0 Å². The lowest BCUT2D eigenvalue weighted by molar-refractivity contribution is 0.354. The first kappa shape index (κ1) is 24.1. The van der Waals surface area contributed by atoms with Gasteiger partial charge in [0.25, 0.3) is 0 Å². The van der Waals surface area contributed by atoms with Gasteiger partial charge in [-0.25, -0.2) is 0 Å². The minimum Gasteiger partial charge on any atom is -0.493 e. The molecule has 2 rings (SSSR count). The summed E-state index contributed by atoms with van der Waals surface area (Å²) in [6.07, 6.45) is 4.38. The van der Waals surface area contributed by atoms with Crippen molar-refractivity contribution in [3.05, 3.63) is 47.9 Å². The second kappa shape index (κ2) is 13.3. The van der Waals surface area contributed by atoms with Gasteiger partial charge in [-0.2, -0.15) is 0 Å². The first-order valence-corrected chi connectivity index (χ1v) is 9.44. The third-order valence-corrected chi connectivity index (χ3v) is 4.36. The summed E-state index contributed by atoms with van der Waals surface area (Å²) < 4.78 is 16.0. The molecule has 1 unspecified atom stereocenters. The maximum Gasteiger partial charge on any atom is 0.191 e. The molecule has 1 heterocycles. The quantitative estimate of drug-likeness (QED) is 0.292. The van der Waals surface area contributed by atoms with Crippen molar-refractivity contribution in [1.82, 2.24) is 10.6 Å². The van der Waals surface area contributed by atoms with Crippen molar-refractivity contribution in [1.29, 1.82) is 0 Å². The van der Waals surface area contributed by atoms with E-state index in [4.69, 9.17) is 13.9 Å². The van der Waals surface area contributed by atoms with E-state index in [2.05, 4.69) is 35.5 Å². The Morgan fingerprint density at radius 3 is 2.57 bits per heavy atom. The Balaban J connectivity index is 0.00000392. The van der Waals surface area contributed by atoms with Gasteiger partial charge in [0.05, 0.1) is 20.5 Å². The second-order valence-corrected chi connectivity index (χ2v) is 6.38. The summed E-state index contributed by atoms with van der Waals surface area (Å²) in [4.78, 5) is 4.67. The number of furan rings is 1. The Bertz CT molecular complexity index is 705. The molecule has 0 saturated heterocycles. The number of guanidine groups is 1. The van der Waals surface area contributed by atoms with Crippen molar-refractivity contribution in [2.75, 3.05) is 27.3 Å². The molecule has 0 aliphatic rings. The van der Waals surface area contributed by atoms with E-state index in [0.29, 0.717) is 12.6 Å². The van der Waals surface area contributed by atoms with Gasteiger partial charge in [0.1, 0.15) is 5.76 Å². The Labute approximate surface area is 185 Å². The number of hydrogen-bond donors (Lipinski definition) is 2. The van der Waals surface area contributed by atoms with Crippen LogP contribution in [0.1, 0.15) is 31.6 Å². The fourth-order valence-electron chi connectivity index (χ4n) is 2.58. The lowest BCUT2D eigenvalue weighted by atomic mass is 10.1. The van der Waals surface area contributed by atoms with Crippen LogP contribution in [-0.4, -0.2) is 39.3 Å². The Kier molecular flexibility index (Phi) is 11.5. The van der Waals surface area contributed by atoms with Gasteiger partial charge in [-0.1, -0.05) is 13.0 Å². The van der Waals surface area contributed by atoms with Crippen LogP contribution in [0.15, 0.2) is 46.0 Å². The summed E-state index contributed by atoms with van der Waals surface area (Å²) in [5.41, 5.74) is 1.18. The first-order chi connectivity index (χ1) is 13.2. The lowest BCUT2D eigenvalue weighted by Crippen LogP contribution is -2.43.